The maximum absolute atomic E-state index is 12.1. The molecule has 2 aromatic rings. The number of nitrogens with one attached hydrogen (secondary N) is 1. The third kappa shape index (κ3) is 3.74. The van der Waals surface area contributed by atoms with Gasteiger partial charge < -0.3 is 10.1 Å². The van der Waals surface area contributed by atoms with E-state index in [1.165, 1.54) is 7.11 Å². The van der Waals surface area contributed by atoms with Gasteiger partial charge in [-0.2, -0.15) is 5.26 Å². The molecule has 0 heterocycles. The first-order chi connectivity index (χ1) is 10.1. The Balaban J connectivity index is 2.16. The van der Waals surface area contributed by atoms with Crippen molar-refractivity contribution in [2.24, 2.45) is 0 Å². The molecule has 1 N–H and O–H groups in total. The predicted molar refractivity (Wildman–Crippen MR) is 81.5 cm³/mol. The number of rotatable bonds is 4. The molecule has 1 amide bonds. The quantitative estimate of drug-likeness (QED) is 0.941. The smallest absolute Gasteiger partial charge is 0.228 e. The molecule has 0 unspecified atom stereocenters. The zero-order valence-electron chi connectivity index (χ0n) is 11.4. The van der Waals surface area contributed by atoms with Crippen LogP contribution in [0.1, 0.15) is 11.1 Å². The third-order valence-corrected chi connectivity index (χ3v) is 3.16. The topological polar surface area (TPSA) is 62.1 Å². The molecule has 0 aliphatic rings. The lowest BCUT2D eigenvalue weighted by Crippen LogP contribution is -2.16. The summed E-state index contributed by atoms with van der Waals surface area (Å²) in [7, 11) is 1.49. The lowest BCUT2D eigenvalue weighted by molar-refractivity contribution is -0.115. The van der Waals surface area contributed by atoms with E-state index in [0.717, 1.165) is 5.56 Å². The van der Waals surface area contributed by atoms with Crippen LogP contribution < -0.4 is 10.1 Å². The molecule has 0 fully saturated rings. The van der Waals surface area contributed by atoms with Crippen molar-refractivity contribution >= 4 is 23.2 Å². The van der Waals surface area contributed by atoms with Crippen LogP contribution in [-0.4, -0.2) is 13.0 Å². The molecule has 0 saturated carbocycles. The average Bonchev–Trinajstić information content (AvgIpc) is 2.49. The molecule has 4 nitrogen and oxygen atoms in total. The van der Waals surface area contributed by atoms with Gasteiger partial charge in [-0.15, -0.1) is 0 Å². The van der Waals surface area contributed by atoms with Crippen molar-refractivity contribution in [3.8, 4) is 11.8 Å². The Morgan fingerprint density at radius 1 is 1.29 bits per heavy atom. The molecule has 2 aromatic carbocycles. The number of hydrogen-bond donors (Lipinski definition) is 1. The Kier molecular flexibility index (Phi) is 4.81. The largest absolute Gasteiger partial charge is 0.495 e. The van der Waals surface area contributed by atoms with Gasteiger partial charge in [0.1, 0.15) is 17.5 Å². The van der Waals surface area contributed by atoms with Gasteiger partial charge in [-0.1, -0.05) is 29.8 Å². The Bertz CT molecular complexity index is 690. The average molecular weight is 301 g/mol. The summed E-state index contributed by atoms with van der Waals surface area (Å²) in [6, 6.07) is 14.1. The molecule has 0 bridgehead atoms. The maximum atomic E-state index is 12.1. The third-order valence-electron chi connectivity index (χ3n) is 2.91. The molecule has 0 radical (unpaired) electrons. The van der Waals surface area contributed by atoms with Crippen LogP contribution in [0, 0.1) is 11.3 Å². The fraction of sp³-hybridized carbons (Fsp3) is 0.125. The molecule has 0 aliphatic carbocycles. The molecule has 0 saturated heterocycles. The number of carbonyl (C=O) groups excluding carboxylic acids is 1. The number of carbonyl (C=O) groups is 1. The van der Waals surface area contributed by atoms with Gasteiger partial charge in [0.05, 0.1) is 19.1 Å². The SMILES string of the molecule is COc1cccc(C#N)c1NC(=O)Cc1ccc(Cl)cc1. The lowest BCUT2D eigenvalue weighted by atomic mass is 10.1. The molecular weight excluding hydrogens is 288 g/mol. The second-order valence-corrected chi connectivity index (χ2v) is 4.78. The number of hydrogen-bond acceptors (Lipinski definition) is 3. The van der Waals surface area contributed by atoms with Crippen molar-refractivity contribution in [2.45, 2.75) is 6.42 Å². The van der Waals surface area contributed by atoms with Gasteiger partial charge in [0.15, 0.2) is 0 Å². The number of halogens is 1. The van der Waals surface area contributed by atoms with Crippen LogP contribution >= 0.6 is 11.6 Å². The van der Waals surface area contributed by atoms with E-state index in [4.69, 9.17) is 21.6 Å². The fourth-order valence-electron chi connectivity index (χ4n) is 1.89. The molecule has 0 aliphatic heterocycles. The summed E-state index contributed by atoms with van der Waals surface area (Å²) in [6.45, 7) is 0. The normalized spacial score (nSPS) is 9.76. The minimum atomic E-state index is -0.224. The molecular formula is C16H13ClN2O2. The first-order valence-electron chi connectivity index (χ1n) is 6.25. The summed E-state index contributed by atoms with van der Waals surface area (Å²) in [5.41, 5.74) is 1.59. The summed E-state index contributed by atoms with van der Waals surface area (Å²) in [5.74, 6) is 0.233. The van der Waals surface area contributed by atoms with Gasteiger partial charge in [0.2, 0.25) is 5.91 Å². The summed E-state index contributed by atoms with van der Waals surface area (Å²) >= 11 is 5.80. The molecule has 21 heavy (non-hydrogen) atoms. The second-order valence-electron chi connectivity index (χ2n) is 4.35. The second kappa shape index (κ2) is 6.78. The van der Waals surface area contributed by atoms with Gasteiger partial charge in [-0.25, -0.2) is 0 Å². The molecule has 0 spiro atoms. The number of anilines is 1. The minimum absolute atomic E-state index is 0.195. The molecule has 5 heteroatoms. The number of amides is 1. The van der Waals surface area contributed by atoms with Crippen molar-refractivity contribution < 1.29 is 9.53 Å². The Morgan fingerprint density at radius 3 is 2.62 bits per heavy atom. The minimum Gasteiger partial charge on any atom is -0.495 e. The van der Waals surface area contributed by atoms with Crippen LogP contribution in [0.5, 0.6) is 5.75 Å². The van der Waals surface area contributed by atoms with E-state index in [9.17, 15) is 4.79 Å². The van der Waals surface area contributed by atoms with Crippen molar-refractivity contribution in [3.05, 3.63) is 58.6 Å². The van der Waals surface area contributed by atoms with Crippen LogP contribution in [0.4, 0.5) is 5.69 Å². The van der Waals surface area contributed by atoms with Gasteiger partial charge >= 0.3 is 0 Å². The first kappa shape index (κ1) is 14.9. The van der Waals surface area contributed by atoms with Crippen molar-refractivity contribution in [3.63, 3.8) is 0 Å². The van der Waals surface area contributed by atoms with Gasteiger partial charge in [0, 0.05) is 5.02 Å². The summed E-state index contributed by atoms with van der Waals surface area (Å²) < 4.78 is 5.17. The summed E-state index contributed by atoms with van der Waals surface area (Å²) in [4.78, 5) is 12.1. The lowest BCUT2D eigenvalue weighted by Gasteiger charge is -2.11. The molecule has 0 aromatic heterocycles. The molecule has 0 atom stereocenters. The number of para-hydroxylation sites is 1. The van der Waals surface area contributed by atoms with E-state index in [1.54, 1.807) is 42.5 Å². The van der Waals surface area contributed by atoms with E-state index in [2.05, 4.69) is 5.32 Å². The fourth-order valence-corrected chi connectivity index (χ4v) is 2.02. The van der Waals surface area contributed by atoms with E-state index in [0.29, 0.717) is 22.0 Å². The van der Waals surface area contributed by atoms with Crippen molar-refractivity contribution in [2.75, 3.05) is 12.4 Å². The van der Waals surface area contributed by atoms with Crippen LogP contribution in [0.25, 0.3) is 0 Å². The molecule has 106 valence electrons. The van der Waals surface area contributed by atoms with Gasteiger partial charge in [0.25, 0.3) is 0 Å². The van der Waals surface area contributed by atoms with Crippen molar-refractivity contribution in [1.82, 2.24) is 0 Å². The standard InChI is InChI=1S/C16H13ClN2O2/c1-21-14-4-2-3-12(10-18)16(14)19-15(20)9-11-5-7-13(17)8-6-11/h2-8H,9H2,1H3,(H,19,20). The zero-order chi connectivity index (χ0) is 15.2. The van der Waals surface area contributed by atoms with E-state index in [-0.39, 0.29) is 12.3 Å². The summed E-state index contributed by atoms with van der Waals surface area (Å²) in [6.07, 6.45) is 0.195. The Hall–Kier alpha value is -2.51. The highest BCUT2D eigenvalue weighted by atomic mass is 35.5. The first-order valence-corrected chi connectivity index (χ1v) is 6.63. The van der Waals surface area contributed by atoms with Crippen LogP contribution in [0.15, 0.2) is 42.5 Å². The highest BCUT2D eigenvalue weighted by Gasteiger charge is 2.12. The highest BCUT2D eigenvalue weighted by Crippen LogP contribution is 2.27. The van der Waals surface area contributed by atoms with Gasteiger partial charge in [-0.05, 0) is 29.8 Å². The maximum Gasteiger partial charge on any atom is 0.228 e. The number of ether oxygens (including phenoxy) is 1. The number of nitriles is 1. The highest BCUT2D eigenvalue weighted by molar-refractivity contribution is 6.30. The van der Waals surface area contributed by atoms with Crippen molar-refractivity contribution in [1.29, 1.82) is 5.26 Å². The van der Waals surface area contributed by atoms with Crippen LogP contribution in [0.3, 0.4) is 0 Å². The molecule has 2 rings (SSSR count). The number of benzene rings is 2. The van der Waals surface area contributed by atoms with Crippen LogP contribution in [0.2, 0.25) is 5.02 Å². The van der Waals surface area contributed by atoms with E-state index >= 15 is 0 Å². The van der Waals surface area contributed by atoms with E-state index in [1.807, 2.05) is 6.07 Å². The zero-order valence-corrected chi connectivity index (χ0v) is 12.1. The Morgan fingerprint density at radius 2 is 2.00 bits per heavy atom. The summed E-state index contributed by atoms with van der Waals surface area (Å²) in [5, 5.41) is 12.4. The number of nitrogens with zero attached hydrogens (tertiary/aromatic N) is 1. The monoisotopic (exact) mass is 300 g/mol. The predicted octanol–water partition coefficient (Wildman–Crippen LogP) is 3.40. The van der Waals surface area contributed by atoms with E-state index < -0.39 is 0 Å². The van der Waals surface area contributed by atoms with Gasteiger partial charge in [-0.3, -0.25) is 4.79 Å². The number of methoxy groups -OCH3 is 1. The van der Waals surface area contributed by atoms with Crippen LogP contribution in [-0.2, 0) is 11.2 Å². The Labute approximate surface area is 127 Å².